The maximum Gasteiger partial charge on any atom is 0.282 e. The average molecular weight is 367 g/mol. The quantitative estimate of drug-likeness (QED) is 0.343. The SMILES string of the molecule is CCCCC#C[Si](OCC(O)C1CCCCC1)(C(C)(C)C)C(C)(C)C. The third-order valence-electron chi connectivity index (χ3n) is 5.70. The molecule has 0 heterocycles. The fourth-order valence-electron chi connectivity index (χ4n) is 4.29. The van der Waals surface area contributed by atoms with Crippen molar-refractivity contribution < 1.29 is 9.53 Å². The van der Waals surface area contributed by atoms with Gasteiger partial charge >= 0.3 is 0 Å². The van der Waals surface area contributed by atoms with Gasteiger partial charge in [0.1, 0.15) is 0 Å². The molecule has 3 heteroatoms. The Morgan fingerprint density at radius 3 is 2.08 bits per heavy atom. The van der Waals surface area contributed by atoms with Crippen LogP contribution in [0, 0.1) is 17.4 Å². The summed E-state index contributed by atoms with van der Waals surface area (Å²) in [5, 5.41) is 10.7. The van der Waals surface area contributed by atoms with Crippen LogP contribution in [-0.2, 0) is 4.43 Å². The molecule has 0 bridgehead atoms. The van der Waals surface area contributed by atoms with Gasteiger partial charge in [0.15, 0.2) is 0 Å². The summed E-state index contributed by atoms with van der Waals surface area (Å²) >= 11 is 0. The fourth-order valence-corrected chi connectivity index (χ4v) is 9.02. The third-order valence-corrected chi connectivity index (χ3v) is 11.0. The molecule has 1 N–H and O–H groups in total. The predicted octanol–water partition coefficient (Wildman–Crippen LogP) is 6.22. The Labute approximate surface area is 158 Å². The van der Waals surface area contributed by atoms with Gasteiger partial charge in [0.25, 0.3) is 8.32 Å². The molecule has 0 saturated heterocycles. The average Bonchev–Trinajstić information content (AvgIpc) is 2.52. The standard InChI is InChI=1S/C22H42O2Si/c1-8-9-10-14-17-25(21(2,3)4,22(5,6)7)24-18-20(23)19-15-12-11-13-16-19/h19-20,23H,8-13,15-16,18H2,1-7H3. The molecule has 0 aromatic rings. The van der Waals surface area contributed by atoms with Gasteiger partial charge in [-0.3, -0.25) is 0 Å². The van der Waals surface area contributed by atoms with E-state index in [9.17, 15) is 5.11 Å². The Bertz CT molecular complexity index is 427. The highest BCUT2D eigenvalue weighted by Crippen LogP contribution is 2.51. The van der Waals surface area contributed by atoms with Crippen LogP contribution in [0.1, 0.15) is 99.8 Å². The van der Waals surface area contributed by atoms with Crippen molar-refractivity contribution in [1.82, 2.24) is 0 Å². The molecule has 0 aromatic heterocycles. The van der Waals surface area contributed by atoms with Crippen LogP contribution < -0.4 is 0 Å². The Morgan fingerprint density at radius 2 is 1.60 bits per heavy atom. The van der Waals surface area contributed by atoms with Gasteiger partial charge in [-0.2, -0.15) is 0 Å². The lowest BCUT2D eigenvalue weighted by Crippen LogP contribution is -2.55. The van der Waals surface area contributed by atoms with Gasteiger partial charge in [0, 0.05) is 6.42 Å². The van der Waals surface area contributed by atoms with Crippen molar-refractivity contribution in [1.29, 1.82) is 0 Å². The van der Waals surface area contributed by atoms with Crippen molar-refractivity contribution in [3.05, 3.63) is 0 Å². The van der Waals surface area contributed by atoms with E-state index >= 15 is 0 Å². The molecule has 1 atom stereocenters. The normalized spacial score (nSPS) is 18.6. The molecule has 1 fully saturated rings. The van der Waals surface area contributed by atoms with Gasteiger partial charge in [-0.1, -0.05) is 79.7 Å². The van der Waals surface area contributed by atoms with Crippen molar-refractivity contribution in [2.75, 3.05) is 6.61 Å². The number of rotatable bonds is 6. The maximum absolute atomic E-state index is 10.7. The molecule has 1 aliphatic rings. The highest BCUT2D eigenvalue weighted by atomic mass is 28.4. The first kappa shape index (κ1) is 22.7. The lowest BCUT2D eigenvalue weighted by molar-refractivity contribution is 0.0350. The van der Waals surface area contributed by atoms with Crippen molar-refractivity contribution in [3.8, 4) is 11.5 Å². The van der Waals surface area contributed by atoms with Crippen molar-refractivity contribution in [2.45, 2.75) is 116 Å². The molecular weight excluding hydrogens is 324 g/mol. The van der Waals surface area contributed by atoms with E-state index in [2.05, 4.69) is 59.9 Å². The smallest absolute Gasteiger partial charge is 0.282 e. The fraction of sp³-hybridized carbons (Fsp3) is 0.909. The summed E-state index contributed by atoms with van der Waals surface area (Å²) in [4.78, 5) is 0. The first-order chi connectivity index (χ1) is 11.5. The van der Waals surface area contributed by atoms with Gasteiger partial charge < -0.3 is 9.53 Å². The minimum atomic E-state index is -2.40. The summed E-state index contributed by atoms with van der Waals surface area (Å²) < 4.78 is 6.67. The molecular formula is C22H42O2Si. The van der Waals surface area contributed by atoms with Crippen LogP contribution in [0.3, 0.4) is 0 Å². The monoisotopic (exact) mass is 366 g/mol. The first-order valence-corrected chi connectivity index (χ1v) is 12.3. The van der Waals surface area contributed by atoms with Crippen molar-refractivity contribution >= 4 is 8.32 Å². The van der Waals surface area contributed by atoms with Crippen LogP contribution in [0.2, 0.25) is 10.1 Å². The molecule has 0 spiro atoms. The first-order valence-electron chi connectivity index (χ1n) is 10.4. The molecule has 1 rings (SSSR count). The molecule has 146 valence electrons. The van der Waals surface area contributed by atoms with E-state index in [1.165, 1.54) is 25.7 Å². The van der Waals surface area contributed by atoms with Crippen molar-refractivity contribution in [2.24, 2.45) is 5.92 Å². The van der Waals surface area contributed by atoms with E-state index in [0.717, 1.165) is 25.7 Å². The lowest BCUT2D eigenvalue weighted by Gasteiger charge is -2.47. The molecule has 0 radical (unpaired) electrons. The summed E-state index contributed by atoms with van der Waals surface area (Å²) in [6, 6.07) is 0. The highest BCUT2D eigenvalue weighted by molar-refractivity contribution is 6.86. The van der Waals surface area contributed by atoms with E-state index in [1.54, 1.807) is 0 Å². The van der Waals surface area contributed by atoms with E-state index in [0.29, 0.717) is 12.5 Å². The van der Waals surface area contributed by atoms with Crippen LogP contribution in [0.4, 0.5) is 0 Å². The molecule has 0 aromatic carbocycles. The largest absolute Gasteiger partial charge is 0.402 e. The Kier molecular flexibility index (Phi) is 8.71. The van der Waals surface area contributed by atoms with Gasteiger partial charge in [-0.05, 0) is 35.3 Å². The van der Waals surface area contributed by atoms with Crippen LogP contribution in [0.25, 0.3) is 0 Å². The highest BCUT2D eigenvalue weighted by Gasteiger charge is 2.55. The second-order valence-corrected chi connectivity index (χ2v) is 14.8. The van der Waals surface area contributed by atoms with Gasteiger partial charge in [0.05, 0.1) is 12.7 Å². The van der Waals surface area contributed by atoms with Crippen LogP contribution in [0.5, 0.6) is 0 Å². The lowest BCUT2D eigenvalue weighted by atomic mass is 9.85. The summed E-state index contributed by atoms with van der Waals surface area (Å²) in [7, 11) is -2.40. The Morgan fingerprint density at radius 1 is 1.04 bits per heavy atom. The van der Waals surface area contributed by atoms with Gasteiger partial charge in [0.2, 0.25) is 0 Å². The topological polar surface area (TPSA) is 29.5 Å². The second kappa shape index (κ2) is 9.58. The van der Waals surface area contributed by atoms with Gasteiger partial charge in [-0.15, -0.1) is 5.92 Å². The van der Waals surface area contributed by atoms with Gasteiger partial charge in [-0.25, -0.2) is 0 Å². The molecule has 2 nitrogen and oxygen atoms in total. The zero-order valence-corrected chi connectivity index (χ0v) is 18.9. The minimum absolute atomic E-state index is 0.0107. The molecule has 1 saturated carbocycles. The maximum atomic E-state index is 10.7. The van der Waals surface area contributed by atoms with E-state index in [-0.39, 0.29) is 16.2 Å². The number of hydrogen-bond donors (Lipinski definition) is 1. The van der Waals surface area contributed by atoms with E-state index in [1.807, 2.05) is 0 Å². The summed E-state index contributed by atoms with van der Waals surface area (Å²) in [5.74, 6) is 3.86. The second-order valence-electron chi connectivity index (χ2n) is 9.86. The zero-order chi connectivity index (χ0) is 19.1. The Hall–Kier alpha value is -0.303. The zero-order valence-electron chi connectivity index (χ0n) is 17.9. The number of aliphatic hydroxyl groups is 1. The van der Waals surface area contributed by atoms with E-state index in [4.69, 9.17) is 4.43 Å². The summed E-state index contributed by atoms with van der Waals surface area (Å²) in [5.41, 5.74) is 3.66. The molecule has 1 unspecified atom stereocenters. The molecule has 25 heavy (non-hydrogen) atoms. The molecule has 1 aliphatic carbocycles. The van der Waals surface area contributed by atoms with Crippen LogP contribution >= 0.6 is 0 Å². The Balaban J connectivity index is 2.97. The molecule has 0 aliphatic heterocycles. The third kappa shape index (κ3) is 6.12. The number of unbranched alkanes of at least 4 members (excludes halogenated alkanes) is 2. The van der Waals surface area contributed by atoms with Crippen LogP contribution in [-0.4, -0.2) is 26.1 Å². The van der Waals surface area contributed by atoms with E-state index < -0.39 is 8.32 Å². The molecule has 0 amide bonds. The number of hydrogen-bond acceptors (Lipinski definition) is 2. The predicted molar refractivity (Wildman–Crippen MR) is 111 cm³/mol. The summed E-state index contributed by atoms with van der Waals surface area (Å²) in [6.45, 7) is 16.3. The van der Waals surface area contributed by atoms with Crippen molar-refractivity contribution in [3.63, 3.8) is 0 Å². The summed E-state index contributed by atoms with van der Waals surface area (Å²) in [6.07, 6.45) is 9.04. The number of aliphatic hydroxyl groups excluding tert-OH is 1. The van der Waals surface area contributed by atoms with Crippen LogP contribution in [0.15, 0.2) is 0 Å². The minimum Gasteiger partial charge on any atom is -0.402 e.